The lowest BCUT2D eigenvalue weighted by atomic mass is 9.63. The van der Waals surface area contributed by atoms with Crippen LogP contribution in [0.2, 0.25) is 0 Å². The normalized spacial score (nSPS) is 42.7. The van der Waals surface area contributed by atoms with E-state index in [1.807, 2.05) is 0 Å². The number of aliphatic hydroxyl groups excluding tert-OH is 1. The van der Waals surface area contributed by atoms with Crippen LogP contribution in [0.5, 0.6) is 0 Å². The van der Waals surface area contributed by atoms with Crippen molar-refractivity contribution in [3.63, 3.8) is 0 Å². The number of hydrogen-bond acceptors (Lipinski definition) is 2. The van der Waals surface area contributed by atoms with Gasteiger partial charge in [-0.3, -0.25) is 0 Å². The van der Waals surface area contributed by atoms with E-state index in [4.69, 9.17) is 0 Å². The first-order chi connectivity index (χ1) is 11.6. The minimum Gasteiger partial charge on any atom is -0.393 e. The second kappa shape index (κ2) is 6.80. The minimum atomic E-state index is -0.154. The Bertz CT molecular complexity index is 540. The van der Waals surface area contributed by atoms with Gasteiger partial charge in [0.2, 0.25) is 0 Å². The molecule has 2 N–H and O–H groups in total. The summed E-state index contributed by atoms with van der Waals surface area (Å²) >= 11 is 0. The van der Waals surface area contributed by atoms with Crippen molar-refractivity contribution in [3.05, 3.63) is 35.9 Å². The fourth-order valence-corrected chi connectivity index (χ4v) is 6.22. The van der Waals surface area contributed by atoms with Crippen molar-refractivity contribution in [1.29, 1.82) is 0 Å². The molecule has 0 heterocycles. The summed E-state index contributed by atoms with van der Waals surface area (Å²) in [5, 5.41) is 14.6. The Morgan fingerprint density at radius 3 is 2.71 bits per heavy atom. The minimum absolute atomic E-state index is 0.154. The molecule has 3 aliphatic rings. The Balaban J connectivity index is 1.47. The van der Waals surface area contributed by atoms with Gasteiger partial charge >= 0.3 is 0 Å². The van der Waals surface area contributed by atoms with Gasteiger partial charge in [-0.1, -0.05) is 50.1 Å². The first-order valence-corrected chi connectivity index (χ1v) is 10.1. The summed E-state index contributed by atoms with van der Waals surface area (Å²) < 4.78 is 0. The van der Waals surface area contributed by atoms with Gasteiger partial charge in [0.05, 0.1) is 6.10 Å². The van der Waals surface area contributed by atoms with Gasteiger partial charge in [-0.2, -0.15) is 0 Å². The van der Waals surface area contributed by atoms with E-state index < -0.39 is 0 Å². The maximum Gasteiger partial charge on any atom is 0.0561 e. The molecule has 2 heteroatoms. The van der Waals surface area contributed by atoms with E-state index in [1.165, 1.54) is 50.5 Å². The zero-order valence-electron chi connectivity index (χ0n) is 15.1. The maximum absolute atomic E-state index is 10.5. The van der Waals surface area contributed by atoms with Crippen LogP contribution in [0.3, 0.4) is 0 Å². The first kappa shape index (κ1) is 16.6. The lowest BCUT2D eigenvalue weighted by Crippen LogP contribution is -2.57. The van der Waals surface area contributed by atoms with Gasteiger partial charge in [-0.25, -0.2) is 0 Å². The van der Waals surface area contributed by atoms with E-state index >= 15 is 0 Å². The number of hydrogen-bond donors (Lipinski definition) is 2. The zero-order chi connectivity index (χ0) is 16.6. The fourth-order valence-electron chi connectivity index (χ4n) is 6.22. The fraction of sp³-hybridized carbons (Fsp3) is 0.727. The van der Waals surface area contributed by atoms with Crippen molar-refractivity contribution in [2.45, 2.75) is 88.3 Å². The highest BCUT2D eigenvalue weighted by Crippen LogP contribution is 2.46. The van der Waals surface area contributed by atoms with Gasteiger partial charge in [0, 0.05) is 11.6 Å². The summed E-state index contributed by atoms with van der Waals surface area (Å²) in [6.45, 7) is 2.44. The van der Waals surface area contributed by atoms with Gasteiger partial charge < -0.3 is 10.4 Å². The molecule has 3 fully saturated rings. The number of benzene rings is 1. The molecule has 132 valence electrons. The molecule has 0 radical (unpaired) electrons. The SMILES string of the molecule is CC1C[C@H]2CCCC(NC3CC(O)CC(c4ccccc4)C3)(C1)C2. The molecule has 1 aromatic carbocycles. The molecule has 3 aliphatic carbocycles. The molecular weight excluding hydrogens is 294 g/mol. The molecule has 24 heavy (non-hydrogen) atoms. The van der Waals surface area contributed by atoms with Gasteiger partial charge in [0.1, 0.15) is 0 Å². The Morgan fingerprint density at radius 2 is 1.88 bits per heavy atom. The molecule has 0 spiro atoms. The van der Waals surface area contributed by atoms with Gasteiger partial charge in [0.25, 0.3) is 0 Å². The molecule has 5 unspecified atom stereocenters. The van der Waals surface area contributed by atoms with Crippen molar-refractivity contribution in [2.75, 3.05) is 0 Å². The van der Waals surface area contributed by atoms with Gasteiger partial charge in [-0.05, 0) is 68.3 Å². The van der Waals surface area contributed by atoms with Gasteiger partial charge in [-0.15, -0.1) is 0 Å². The molecular formula is C22H33NO. The summed E-state index contributed by atoms with van der Waals surface area (Å²) in [4.78, 5) is 0. The van der Waals surface area contributed by atoms with Crippen molar-refractivity contribution >= 4 is 0 Å². The van der Waals surface area contributed by atoms with Crippen LogP contribution >= 0.6 is 0 Å². The molecule has 4 rings (SSSR count). The van der Waals surface area contributed by atoms with Crippen molar-refractivity contribution < 1.29 is 5.11 Å². The van der Waals surface area contributed by atoms with Crippen molar-refractivity contribution in [3.8, 4) is 0 Å². The summed E-state index contributed by atoms with van der Waals surface area (Å²) in [7, 11) is 0. The highest BCUT2D eigenvalue weighted by atomic mass is 16.3. The Morgan fingerprint density at radius 1 is 1.04 bits per heavy atom. The number of fused-ring (bicyclic) bond motifs is 2. The largest absolute Gasteiger partial charge is 0.393 e. The van der Waals surface area contributed by atoms with Crippen LogP contribution in [-0.4, -0.2) is 22.8 Å². The summed E-state index contributed by atoms with van der Waals surface area (Å²) in [6.07, 6.45) is 11.2. The van der Waals surface area contributed by atoms with Crippen LogP contribution < -0.4 is 5.32 Å². The molecule has 0 aliphatic heterocycles. The molecule has 2 nitrogen and oxygen atoms in total. The van der Waals surface area contributed by atoms with Crippen LogP contribution in [-0.2, 0) is 0 Å². The molecule has 6 atom stereocenters. The Kier molecular flexibility index (Phi) is 4.70. The molecule has 0 amide bonds. The number of aliphatic hydroxyl groups is 1. The molecule has 1 aromatic rings. The van der Waals surface area contributed by atoms with Crippen molar-refractivity contribution in [2.24, 2.45) is 11.8 Å². The standard InChI is InChI=1S/C22H33NO/c1-16-10-17-6-5-9-22(14-16,15-17)23-20-11-19(12-21(24)13-20)18-7-3-2-4-8-18/h2-4,7-8,16-17,19-21,23-24H,5-6,9-15H2,1H3/t16?,17-,19?,20?,21?,22?/m1/s1. The topological polar surface area (TPSA) is 32.3 Å². The second-order valence-corrected chi connectivity index (χ2v) is 9.10. The Labute approximate surface area is 147 Å². The third-order valence-corrected chi connectivity index (χ3v) is 6.89. The van der Waals surface area contributed by atoms with Gasteiger partial charge in [0.15, 0.2) is 0 Å². The van der Waals surface area contributed by atoms with Crippen LogP contribution in [0.1, 0.15) is 76.2 Å². The van der Waals surface area contributed by atoms with E-state index in [-0.39, 0.29) is 6.10 Å². The third-order valence-electron chi connectivity index (χ3n) is 6.89. The zero-order valence-corrected chi connectivity index (χ0v) is 15.1. The lowest BCUT2D eigenvalue weighted by molar-refractivity contribution is 0.0440. The predicted octanol–water partition coefficient (Wildman–Crippen LogP) is 4.63. The van der Waals surface area contributed by atoms with E-state index in [0.29, 0.717) is 17.5 Å². The maximum atomic E-state index is 10.5. The van der Waals surface area contributed by atoms with Crippen molar-refractivity contribution in [1.82, 2.24) is 5.32 Å². The lowest BCUT2D eigenvalue weighted by Gasteiger charge is -2.51. The molecule has 3 saturated carbocycles. The van der Waals surface area contributed by atoms with E-state index in [0.717, 1.165) is 24.7 Å². The number of rotatable bonds is 3. The van der Waals surface area contributed by atoms with E-state index in [9.17, 15) is 5.11 Å². The second-order valence-electron chi connectivity index (χ2n) is 9.10. The highest BCUT2D eigenvalue weighted by molar-refractivity contribution is 5.21. The third kappa shape index (κ3) is 3.55. The Hall–Kier alpha value is -0.860. The molecule has 0 saturated heterocycles. The highest BCUT2D eigenvalue weighted by Gasteiger charge is 2.43. The van der Waals surface area contributed by atoms with Crippen LogP contribution in [0.15, 0.2) is 30.3 Å². The van der Waals surface area contributed by atoms with Crippen LogP contribution in [0.25, 0.3) is 0 Å². The average molecular weight is 328 g/mol. The summed E-state index contributed by atoms with van der Waals surface area (Å²) in [5.74, 6) is 2.30. The summed E-state index contributed by atoms with van der Waals surface area (Å²) in [5.41, 5.74) is 1.77. The van der Waals surface area contributed by atoms with Crippen LogP contribution in [0, 0.1) is 11.8 Å². The van der Waals surface area contributed by atoms with E-state index in [2.05, 4.69) is 42.6 Å². The van der Waals surface area contributed by atoms with Crippen LogP contribution in [0.4, 0.5) is 0 Å². The molecule has 2 bridgehead atoms. The predicted molar refractivity (Wildman–Crippen MR) is 99.1 cm³/mol. The monoisotopic (exact) mass is 327 g/mol. The van der Waals surface area contributed by atoms with E-state index in [1.54, 1.807) is 0 Å². The quantitative estimate of drug-likeness (QED) is 0.848. The summed E-state index contributed by atoms with van der Waals surface area (Å²) in [6, 6.07) is 11.3. The molecule has 0 aromatic heterocycles. The first-order valence-electron chi connectivity index (χ1n) is 10.1. The number of nitrogens with one attached hydrogen (secondary N) is 1. The smallest absolute Gasteiger partial charge is 0.0561 e. The average Bonchev–Trinajstić information content (AvgIpc) is 2.54.